The first-order valence-corrected chi connectivity index (χ1v) is 6.17. The van der Waals surface area contributed by atoms with Crippen LogP contribution in [0.15, 0.2) is 47.6 Å². The molecule has 0 heterocycles. The number of hydrazone groups is 1. The first-order chi connectivity index (χ1) is 9.20. The maximum atomic E-state index is 11.2. The van der Waals surface area contributed by atoms with Crippen molar-refractivity contribution in [2.24, 2.45) is 5.10 Å². The van der Waals surface area contributed by atoms with E-state index in [0.29, 0.717) is 6.61 Å². The van der Waals surface area contributed by atoms with Crippen molar-refractivity contribution in [3.8, 4) is 0 Å². The quantitative estimate of drug-likeness (QED) is 0.676. The highest BCUT2D eigenvalue weighted by molar-refractivity contribution is 6.02. The second kappa shape index (κ2) is 6.00. The Kier molecular flexibility index (Phi) is 4.13. The number of ether oxygens (including phenoxy) is 1. The lowest BCUT2D eigenvalue weighted by Crippen LogP contribution is -2.20. The van der Waals surface area contributed by atoms with Crippen molar-refractivity contribution in [3.05, 3.63) is 48.0 Å². The Balaban J connectivity index is 2.19. The predicted molar refractivity (Wildman–Crippen MR) is 76.3 cm³/mol. The van der Waals surface area contributed by atoms with E-state index >= 15 is 0 Å². The van der Waals surface area contributed by atoms with Crippen LogP contribution in [0.2, 0.25) is 0 Å². The second-order valence-corrected chi connectivity index (χ2v) is 4.09. The summed E-state index contributed by atoms with van der Waals surface area (Å²) >= 11 is 0. The lowest BCUT2D eigenvalue weighted by molar-refractivity contribution is 0.152. The van der Waals surface area contributed by atoms with Crippen LogP contribution in [0.3, 0.4) is 0 Å². The van der Waals surface area contributed by atoms with Crippen molar-refractivity contribution in [1.82, 2.24) is 5.43 Å². The SMILES string of the molecule is CCOC(=O)NN=C(C)c1ccc2ccccc2c1. The first kappa shape index (κ1) is 13.1. The minimum absolute atomic E-state index is 0.330. The van der Waals surface area contributed by atoms with Gasteiger partial charge in [-0.15, -0.1) is 0 Å². The minimum atomic E-state index is -0.539. The maximum Gasteiger partial charge on any atom is 0.427 e. The van der Waals surface area contributed by atoms with E-state index < -0.39 is 6.09 Å². The summed E-state index contributed by atoms with van der Waals surface area (Å²) in [6.07, 6.45) is -0.539. The van der Waals surface area contributed by atoms with E-state index in [2.05, 4.69) is 16.6 Å². The van der Waals surface area contributed by atoms with E-state index in [9.17, 15) is 4.79 Å². The van der Waals surface area contributed by atoms with Crippen LogP contribution in [0.1, 0.15) is 19.4 Å². The molecule has 4 heteroatoms. The average molecular weight is 256 g/mol. The number of benzene rings is 2. The molecule has 0 bridgehead atoms. The largest absolute Gasteiger partial charge is 0.449 e. The van der Waals surface area contributed by atoms with Gasteiger partial charge in [0.1, 0.15) is 0 Å². The topological polar surface area (TPSA) is 50.7 Å². The van der Waals surface area contributed by atoms with Gasteiger partial charge in [0.25, 0.3) is 0 Å². The van der Waals surface area contributed by atoms with Gasteiger partial charge in [0.2, 0.25) is 0 Å². The molecule has 1 amide bonds. The highest BCUT2D eigenvalue weighted by Gasteiger charge is 2.01. The van der Waals surface area contributed by atoms with Crippen molar-refractivity contribution < 1.29 is 9.53 Å². The summed E-state index contributed by atoms with van der Waals surface area (Å²) in [5.74, 6) is 0. The molecule has 19 heavy (non-hydrogen) atoms. The Hall–Kier alpha value is -2.36. The lowest BCUT2D eigenvalue weighted by atomic mass is 10.0. The third-order valence-electron chi connectivity index (χ3n) is 2.76. The lowest BCUT2D eigenvalue weighted by Gasteiger charge is -2.04. The van der Waals surface area contributed by atoms with Crippen LogP contribution in [0, 0.1) is 0 Å². The fourth-order valence-corrected chi connectivity index (χ4v) is 1.77. The third-order valence-corrected chi connectivity index (χ3v) is 2.76. The number of fused-ring (bicyclic) bond motifs is 1. The Morgan fingerprint density at radius 2 is 1.95 bits per heavy atom. The molecule has 4 nitrogen and oxygen atoms in total. The summed E-state index contributed by atoms with van der Waals surface area (Å²) in [5, 5.41) is 6.33. The van der Waals surface area contributed by atoms with Gasteiger partial charge in [0.05, 0.1) is 12.3 Å². The van der Waals surface area contributed by atoms with Gasteiger partial charge < -0.3 is 4.74 Å². The van der Waals surface area contributed by atoms with Crippen molar-refractivity contribution in [2.45, 2.75) is 13.8 Å². The number of rotatable bonds is 3. The normalized spacial score (nSPS) is 11.4. The van der Waals surface area contributed by atoms with Crippen molar-refractivity contribution in [2.75, 3.05) is 6.61 Å². The van der Waals surface area contributed by atoms with Crippen LogP contribution >= 0.6 is 0 Å². The van der Waals surface area contributed by atoms with E-state index in [1.54, 1.807) is 6.92 Å². The van der Waals surface area contributed by atoms with Gasteiger partial charge in [0, 0.05) is 0 Å². The van der Waals surface area contributed by atoms with E-state index in [4.69, 9.17) is 4.74 Å². The van der Waals surface area contributed by atoms with Crippen molar-refractivity contribution in [1.29, 1.82) is 0 Å². The Labute approximate surface area is 112 Å². The summed E-state index contributed by atoms with van der Waals surface area (Å²) < 4.78 is 4.74. The molecule has 0 aliphatic carbocycles. The van der Waals surface area contributed by atoms with Gasteiger partial charge in [-0.2, -0.15) is 5.10 Å². The molecule has 0 aliphatic rings. The molecule has 1 N–H and O–H groups in total. The van der Waals surface area contributed by atoms with Gasteiger partial charge in [0.15, 0.2) is 0 Å². The Morgan fingerprint density at radius 3 is 2.68 bits per heavy atom. The summed E-state index contributed by atoms with van der Waals surface area (Å²) in [6, 6.07) is 14.2. The smallest absolute Gasteiger partial charge is 0.427 e. The Bertz CT molecular complexity index is 620. The van der Waals surface area contributed by atoms with Gasteiger partial charge >= 0.3 is 6.09 Å². The number of nitrogens with one attached hydrogen (secondary N) is 1. The molecule has 0 fully saturated rings. The zero-order valence-electron chi connectivity index (χ0n) is 11.0. The monoisotopic (exact) mass is 256 g/mol. The average Bonchev–Trinajstić information content (AvgIpc) is 2.44. The summed E-state index contributed by atoms with van der Waals surface area (Å²) in [6.45, 7) is 3.92. The number of amides is 1. The number of hydrogen-bond donors (Lipinski definition) is 1. The molecule has 2 aromatic rings. The number of carbonyl (C=O) groups is 1. The molecule has 0 radical (unpaired) electrons. The minimum Gasteiger partial charge on any atom is -0.449 e. The van der Waals surface area contributed by atoms with Crippen LogP contribution < -0.4 is 5.43 Å². The second-order valence-electron chi connectivity index (χ2n) is 4.09. The Morgan fingerprint density at radius 1 is 1.21 bits per heavy atom. The zero-order valence-corrected chi connectivity index (χ0v) is 11.0. The van der Waals surface area contributed by atoms with Crippen LogP contribution in [-0.2, 0) is 4.74 Å². The van der Waals surface area contributed by atoms with Crippen LogP contribution in [-0.4, -0.2) is 18.4 Å². The molecule has 2 aromatic carbocycles. The summed E-state index contributed by atoms with van der Waals surface area (Å²) in [4.78, 5) is 11.2. The van der Waals surface area contributed by atoms with Crippen molar-refractivity contribution >= 4 is 22.6 Å². The standard InChI is InChI=1S/C15H16N2O2/c1-3-19-15(18)17-16-11(2)13-9-8-12-6-4-5-7-14(12)10-13/h4-10H,3H2,1-2H3,(H,17,18). The molecule has 0 atom stereocenters. The molecule has 0 saturated heterocycles. The fourth-order valence-electron chi connectivity index (χ4n) is 1.77. The van der Waals surface area contributed by atoms with E-state index in [0.717, 1.165) is 16.7 Å². The molecular weight excluding hydrogens is 240 g/mol. The molecule has 0 saturated carbocycles. The van der Waals surface area contributed by atoms with Gasteiger partial charge in [-0.05, 0) is 36.2 Å². The number of nitrogens with zero attached hydrogens (tertiary/aromatic N) is 1. The van der Waals surface area contributed by atoms with Crippen LogP contribution in [0.5, 0.6) is 0 Å². The van der Waals surface area contributed by atoms with Crippen LogP contribution in [0.25, 0.3) is 10.8 Å². The number of hydrogen-bond acceptors (Lipinski definition) is 3. The maximum absolute atomic E-state index is 11.2. The highest BCUT2D eigenvalue weighted by atomic mass is 16.5. The molecule has 2 rings (SSSR count). The van der Waals surface area contributed by atoms with Crippen molar-refractivity contribution in [3.63, 3.8) is 0 Å². The molecule has 0 aliphatic heterocycles. The zero-order chi connectivity index (χ0) is 13.7. The van der Waals surface area contributed by atoms with Crippen LogP contribution in [0.4, 0.5) is 4.79 Å². The van der Waals surface area contributed by atoms with Gasteiger partial charge in [-0.25, -0.2) is 10.2 Å². The fraction of sp³-hybridized carbons (Fsp3) is 0.200. The third kappa shape index (κ3) is 3.31. The van der Waals surface area contributed by atoms with E-state index in [1.165, 1.54) is 5.39 Å². The molecule has 0 unspecified atom stereocenters. The van der Waals surface area contributed by atoms with E-state index in [-0.39, 0.29) is 0 Å². The molecule has 0 spiro atoms. The molecular formula is C15H16N2O2. The summed E-state index contributed by atoms with van der Waals surface area (Å²) in [5.41, 5.74) is 4.06. The highest BCUT2D eigenvalue weighted by Crippen LogP contribution is 2.16. The number of carbonyl (C=O) groups excluding carboxylic acids is 1. The van der Waals surface area contributed by atoms with E-state index in [1.807, 2.05) is 43.3 Å². The predicted octanol–water partition coefficient (Wildman–Crippen LogP) is 3.31. The first-order valence-electron chi connectivity index (χ1n) is 6.17. The summed E-state index contributed by atoms with van der Waals surface area (Å²) in [7, 11) is 0. The van der Waals surface area contributed by atoms with Gasteiger partial charge in [-0.1, -0.05) is 36.4 Å². The molecule has 98 valence electrons. The molecule has 0 aromatic heterocycles. The van der Waals surface area contributed by atoms with Gasteiger partial charge in [-0.3, -0.25) is 0 Å².